The van der Waals surface area contributed by atoms with E-state index in [1.165, 1.54) is 14.2 Å². The molecule has 0 aliphatic carbocycles. The number of nitrogens with zero attached hydrogens (tertiary/aromatic N) is 4. The van der Waals surface area contributed by atoms with Gasteiger partial charge in [-0.15, -0.1) is 0 Å². The maximum Gasteiger partial charge on any atom is 0.410 e. The van der Waals surface area contributed by atoms with Crippen LogP contribution in [0.5, 0.6) is 0 Å². The number of fused-ring (bicyclic) bond motifs is 2. The standard InChI is InChI=1S/C44H49N7O6/c1-6-20-50(44(54)57-26-29-11-8-7-9-12-29)27(2)40-46-35-19-18-33(24-36(35)47-40)31-14-15-32-23-34(17-16-30(32)22-31)37-25-45-41(48-37)38-13-10-21-51(38)42(52)39(28(3)55-4)49-43(53)56-5/h7-9,11-12,14-19,22-25,27-28,38-39H,6,10,13,20-21,26H2,1-5H3,(H,45,48)(H,46,47)(H,49,53)/t27-,28+,38-,39-/m0/s1. The summed E-state index contributed by atoms with van der Waals surface area (Å²) in [6.45, 7) is 7.05. The second-order valence-corrected chi connectivity index (χ2v) is 14.5. The molecule has 13 heteroatoms. The number of likely N-dealkylation sites (tertiary alicyclic amines) is 1. The van der Waals surface area contributed by atoms with Crippen LogP contribution >= 0.6 is 0 Å². The summed E-state index contributed by atoms with van der Waals surface area (Å²) >= 11 is 0. The number of ether oxygens (including phenoxy) is 3. The van der Waals surface area contributed by atoms with E-state index in [4.69, 9.17) is 24.2 Å². The molecule has 4 aromatic carbocycles. The molecule has 7 rings (SSSR count). The maximum atomic E-state index is 13.7. The average molecular weight is 772 g/mol. The second kappa shape index (κ2) is 17.3. The molecule has 3 heterocycles. The van der Waals surface area contributed by atoms with E-state index in [1.807, 2.05) is 56.4 Å². The molecule has 0 spiro atoms. The van der Waals surface area contributed by atoms with Crippen molar-refractivity contribution >= 4 is 39.9 Å². The lowest BCUT2D eigenvalue weighted by Crippen LogP contribution is -2.54. The molecule has 1 saturated heterocycles. The highest BCUT2D eigenvalue weighted by atomic mass is 16.6. The van der Waals surface area contributed by atoms with Crippen molar-refractivity contribution in [2.24, 2.45) is 0 Å². The molecule has 0 saturated carbocycles. The lowest BCUT2D eigenvalue weighted by Gasteiger charge is -2.30. The molecule has 2 aromatic heterocycles. The number of hydrogen-bond donors (Lipinski definition) is 3. The third-order valence-corrected chi connectivity index (χ3v) is 10.8. The van der Waals surface area contributed by atoms with Crippen LogP contribution in [0.1, 0.15) is 69.3 Å². The number of amides is 3. The Morgan fingerprint density at radius 2 is 1.65 bits per heavy atom. The van der Waals surface area contributed by atoms with Crippen LogP contribution in [0.25, 0.3) is 44.2 Å². The molecule has 6 aromatic rings. The third-order valence-electron chi connectivity index (χ3n) is 10.8. The minimum atomic E-state index is -0.894. The van der Waals surface area contributed by atoms with Crippen LogP contribution in [-0.2, 0) is 25.6 Å². The van der Waals surface area contributed by atoms with Gasteiger partial charge < -0.3 is 34.4 Å². The number of alkyl carbamates (subject to hydrolysis) is 1. The number of H-pyrrole nitrogens is 2. The van der Waals surface area contributed by atoms with Gasteiger partial charge in [0, 0.05) is 32.0 Å². The Labute approximate surface area is 331 Å². The molecule has 3 amide bonds. The number of carbonyl (C=O) groups excluding carboxylic acids is 3. The summed E-state index contributed by atoms with van der Waals surface area (Å²) in [5, 5.41) is 4.78. The summed E-state index contributed by atoms with van der Waals surface area (Å²) in [4.78, 5) is 59.0. The summed E-state index contributed by atoms with van der Waals surface area (Å²) < 4.78 is 15.8. The van der Waals surface area contributed by atoms with Crippen LogP contribution in [0.2, 0.25) is 0 Å². The zero-order valence-corrected chi connectivity index (χ0v) is 33.0. The number of methoxy groups -OCH3 is 2. The topological polar surface area (TPSA) is 155 Å². The van der Waals surface area contributed by atoms with Gasteiger partial charge in [0.2, 0.25) is 5.91 Å². The Balaban J connectivity index is 1.06. The summed E-state index contributed by atoms with van der Waals surface area (Å²) in [5.74, 6) is 1.15. The van der Waals surface area contributed by atoms with E-state index in [2.05, 4.69) is 63.8 Å². The number of carbonyl (C=O) groups is 3. The quantitative estimate of drug-likeness (QED) is 0.106. The van der Waals surface area contributed by atoms with E-state index in [0.717, 1.165) is 69.0 Å². The Morgan fingerprint density at radius 3 is 2.39 bits per heavy atom. The Morgan fingerprint density at radius 1 is 0.930 bits per heavy atom. The molecule has 1 fully saturated rings. The number of aromatic amines is 2. The van der Waals surface area contributed by atoms with E-state index in [0.29, 0.717) is 24.7 Å². The molecule has 0 bridgehead atoms. The van der Waals surface area contributed by atoms with Gasteiger partial charge in [-0.05, 0) is 84.8 Å². The van der Waals surface area contributed by atoms with E-state index < -0.39 is 18.2 Å². The van der Waals surface area contributed by atoms with Gasteiger partial charge in [-0.25, -0.2) is 19.6 Å². The summed E-state index contributed by atoms with van der Waals surface area (Å²) in [7, 11) is 2.77. The lowest BCUT2D eigenvalue weighted by molar-refractivity contribution is -0.137. The van der Waals surface area contributed by atoms with Gasteiger partial charge in [-0.2, -0.15) is 0 Å². The van der Waals surface area contributed by atoms with Crippen molar-refractivity contribution in [3.05, 3.63) is 108 Å². The first-order chi connectivity index (χ1) is 27.7. The first-order valence-electron chi connectivity index (χ1n) is 19.4. The average Bonchev–Trinajstić information content (AvgIpc) is 4.03. The molecule has 0 radical (unpaired) electrons. The summed E-state index contributed by atoms with van der Waals surface area (Å²) in [6, 6.07) is 27.0. The van der Waals surface area contributed by atoms with Crippen molar-refractivity contribution in [1.29, 1.82) is 0 Å². The normalized spacial score (nSPS) is 15.7. The molecular formula is C44H49N7O6. The lowest BCUT2D eigenvalue weighted by atomic mass is 9.99. The van der Waals surface area contributed by atoms with E-state index in [-0.39, 0.29) is 30.7 Å². The Hall–Kier alpha value is -6.21. The van der Waals surface area contributed by atoms with Gasteiger partial charge in [0.25, 0.3) is 0 Å². The number of hydrogen-bond acceptors (Lipinski definition) is 8. The number of rotatable bonds is 13. The molecule has 57 heavy (non-hydrogen) atoms. The van der Waals surface area contributed by atoms with Gasteiger partial charge in [0.1, 0.15) is 24.3 Å². The Bertz CT molecular complexity index is 2360. The fourth-order valence-electron chi connectivity index (χ4n) is 7.47. The molecule has 4 atom stereocenters. The highest BCUT2D eigenvalue weighted by molar-refractivity contribution is 5.92. The monoisotopic (exact) mass is 771 g/mol. The van der Waals surface area contributed by atoms with Crippen molar-refractivity contribution in [2.75, 3.05) is 27.3 Å². The first kappa shape index (κ1) is 39.0. The number of imidazole rings is 2. The number of nitrogens with one attached hydrogen (secondary N) is 3. The third kappa shape index (κ3) is 8.48. The van der Waals surface area contributed by atoms with Crippen LogP contribution in [0.3, 0.4) is 0 Å². The van der Waals surface area contributed by atoms with E-state index in [9.17, 15) is 14.4 Å². The second-order valence-electron chi connectivity index (χ2n) is 14.5. The zero-order chi connectivity index (χ0) is 40.1. The van der Waals surface area contributed by atoms with Crippen molar-refractivity contribution < 1.29 is 28.6 Å². The van der Waals surface area contributed by atoms with Crippen molar-refractivity contribution in [3.63, 3.8) is 0 Å². The summed E-state index contributed by atoms with van der Waals surface area (Å²) in [5.41, 5.74) is 6.47. The predicted octanol–water partition coefficient (Wildman–Crippen LogP) is 8.31. The molecule has 13 nitrogen and oxygen atoms in total. The van der Waals surface area contributed by atoms with Crippen LogP contribution in [0.15, 0.2) is 91.1 Å². The molecule has 0 unspecified atom stereocenters. The zero-order valence-electron chi connectivity index (χ0n) is 33.0. The largest absolute Gasteiger partial charge is 0.453 e. The van der Waals surface area contributed by atoms with Gasteiger partial charge in [0.15, 0.2) is 0 Å². The fraction of sp³-hybridized carbons (Fsp3) is 0.341. The minimum absolute atomic E-state index is 0.214. The van der Waals surface area contributed by atoms with Crippen molar-refractivity contribution in [2.45, 2.75) is 70.9 Å². The molecule has 3 N–H and O–H groups in total. The number of aromatic nitrogens is 4. The van der Waals surface area contributed by atoms with Crippen molar-refractivity contribution in [1.82, 2.24) is 35.1 Å². The smallest absolute Gasteiger partial charge is 0.410 e. The molecule has 1 aliphatic rings. The maximum absolute atomic E-state index is 13.7. The minimum Gasteiger partial charge on any atom is -0.453 e. The Kier molecular flexibility index (Phi) is 11.8. The number of benzene rings is 4. The highest BCUT2D eigenvalue weighted by Gasteiger charge is 2.38. The van der Waals surface area contributed by atoms with Gasteiger partial charge in [0.05, 0.1) is 42.0 Å². The molecule has 296 valence electrons. The summed E-state index contributed by atoms with van der Waals surface area (Å²) in [6.07, 6.45) is 2.61. The van der Waals surface area contributed by atoms with E-state index >= 15 is 0 Å². The van der Waals surface area contributed by atoms with Gasteiger partial charge in [-0.1, -0.05) is 67.6 Å². The fourth-order valence-corrected chi connectivity index (χ4v) is 7.47. The van der Waals surface area contributed by atoms with E-state index in [1.54, 1.807) is 16.7 Å². The first-order valence-corrected chi connectivity index (χ1v) is 19.4. The van der Waals surface area contributed by atoms with Crippen LogP contribution in [-0.4, -0.2) is 87.3 Å². The van der Waals surface area contributed by atoms with Crippen LogP contribution in [0, 0.1) is 0 Å². The molecular weight excluding hydrogens is 723 g/mol. The van der Waals surface area contributed by atoms with Gasteiger partial charge in [-0.3, -0.25) is 9.69 Å². The van der Waals surface area contributed by atoms with Crippen LogP contribution < -0.4 is 5.32 Å². The predicted molar refractivity (Wildman–Crippen MR) is 218 cm³/mol. The SMILES string of the molecule is CCCN(C(=O)OCc1ccccc1)[C@@H](C)c1nc2cc(-c3ccc4cc(-c5c[nH]c([C@@H]6CCCN6C(=O)[C@@H](NC(=O)OC)[C@@H](C)OC)n5)ccc4c3)ccc2[nH]1. The van der Waals surface area contributed by atoms with Crippen molar-refractivity contribution in [3.8, 4) is 22.4 Å². The highest BCUT2D eigenvalue weighted by Crippen LogP contribution is 2.34. The van der Waals surface area contributed by atoms with Crippen LogP contribution in [0.4, 0.5) is 9.59 Å². The molecule has 1 aliphatic heterocycles. The van der Waals surface area contributed by atoms with Gasteiger partial charge >= 0.3 is 12.2 Å².